The van der Waals surface area contributed by atoms with Crippen molar-refractivity contribution in [2.45, 2.75) is 38.0 Å². The lowest BCUT2D eigenvalue weighted by molar-refractivity contribution is -0.152. The van der Waals surface area contributed by atoms with E-state index in [1.54, 1.807) is 48.5 Å². The number of hydrogen-bond acceptors (Lipinski definition) is 3. The molecule has 0 fully saturated rings. The van der Waals surface area contributed by atoms with E-state index in [-0.39, 0.29) is 0 Å². The molecule has 0 atom stereocenters. The van der Waals surface area contributed by atoms with E-state index in [0.717, 1.165) is 12.8 Å². The highest BCUT2D eigenvalue weighted by molar-refractivity contribution is 6.23. The van der Waals surface area contributed by atoms with Gasteiger partial charge in [-0.3, -0.25) is 14.4 Å². The molecule has 6 N–H and O–H groups in total. The highest BCUT2D eigenvalue weighted by Crippen LogP contribution is 2.51. The summed E-state index contributed by atoms with van der Waals surface area (Å²) in [6, 6.07) is 17.8. The number of amides is 3. The van der Waals surface area contributed by atoms with Gasteiger partial charge in [0.25, 0.3) is 0 Å². The highest BCUT2D eigenvalue weighted by Gasteiger charge is 2.65. The van der Waals surface area contributed by atoms with Gasteiger partial charge < -0.3 is 17.2 Å². The van der Waals surface area contributed by atoms with Gasteiger partial charge in [-0.25, -0.2) is 0 Å². The largest absolute Gasteiger partial charge is 0.368 e. The number of unbranched alkanes of at least 4 members (excludes halogenated alkanes) is 2. The fraction of sp³-hybridized carbons (Fsp3) is 0.318. The molecule has 0 unspecified atom stereocenters. The van der Waals surface area contributed by atoms with Crippen LogP contribution in [0, 0.1) is 5.41 Å². The molecule has 28 heavy (non-hydrogen) atoms. The first-order chi connectivity index (χ1) is 13.4. The molecule has 2 aromatic rings. The van der Waals surface area contributed by atoms with Crippen molar-refractivity contribution in [2.24, 2.45) is 22.6 Å². The maximum Gasteiger partial charge on any atom is 0.244 e. The second-order valence-corrected chi connectivity index (χ2v) is 6.94. The third-order valence-electron chi connectivity index (χ3n) is 5.44. The quantitative estimate of drug-likeness (QED) is 0.430. The molecule has 0 aliphatic heterocycles. The van der Waals surface area contributed by atoms with Crippen molar-refractivity contribution in [1.29, 1.82) is 0 Å². The molecule has 6 heteroatoms. The molecule has 0 aromatic heterocycles. The fourth-order valence-corrected chi connectivity index (χ4v) is 4.16. The summed E-state index contributed by atoms with van der Waals surface area (Å²) in [5.74, 6) is -3.43. The topological polar surface area (TPSA) is 129 Å². The number of rotatable bonds is 10. The van der Waals surface area contributed by atoms with Gasteiger partial charge >= 0.3 is 0 Å². The van der Waals surface area contributed by atoms with Crippen LogP contribution in [0.1, 0.15) is 43.7 Å². The number of primary amides is 3. The molecule has 0 saturated heterocycles. The monoisotopic (exact) mass is 381 g/mol. The average Bonchev–Trinajstić information content (AvgIpc) is 2.68. The Labute approximate surface area is 165 Å². The maximum absolute atomic E-state index is 12.8. The molecule has 0 bridgehead atoms. The SMILES string of the molecule is CCCCCC(c1ccccc1)(c1ccccc1)C(C(N)=O)(C(N)=O)C(N)=O. The van der Waals surface area contributed by atoms with Crippen LogP contribution >= 0.6 is 0 Å². The van der Waals surface area contributed by atoms with Gasteiger partial charge in [0.15, 0.2) is 0 Å². The minimum Gasteiger partial charge on any atom is -0.368 e. The van der Waals surface area contributed by atoms with Crippen molar-refractivity contribution in [3.63, 3.8) is 0 Å². The van der Waals surface area contributed by atoms with Crippen LogP contribution in [-0.2, 0) is 19.8 Å². The van der Waals surface area contributed by atoms with E-state index in [1.165, 1.54) is 0 Å². The molecular weight excluding hydrogens is 354 g/mol. The molecular formula is C22H27N3O3. The summed E-state index contributed by atoms with van der Waals surface area (Å²) < 4.78 is 0. The molecule has 0 aliphatic carbocycles. The lowest BCUT2D eigenvalue weighted by Crippen LogP contribution is -2.67. The Morgan fingerprint density at radius 3 is 1.43 bits per heavy atom. The summed E-state index contributed by atoms with van der Waals surface area (Å²) in [4.78, 5) is 38.3. The summed E-state index contributed by atoms with van der Waals surface area (Å²) in [5.41, 5.74) is 14.5. The van der Waals surface area contributed by atoms with Crippen molar-refractivity contribution >= 4 is 17.7 Å². The Kier molecular flexibility index (Phi) is 6.57. The number of nitrogens with two attached hydrogens (primary N) is 3. The third kappa shape index (κ3) is 3.26. The number of carbonyl (C=O) groups is 3. The maximum atomic E-state index is 12.8. The molecule has 2 rings (SSSR count). The van der Waals surface area contributed by atoms with Crippen LogP contribution in [0.3, 0.4) is 0 Å². The van der Waals surface area contributed by atoms with E-state index in [0.29, 0.717) is 24.0 Å². The second kappa shape index (κ2) is 8.69. The van der Waals surface area contributed by atoms with E-state index < -0.39 is 28.6 Å². The third-order valence-corrected chi connectivity index (χ3v) is 5.44. The molecule has 148 valence electrons. The van der Waals surface area contributed by atoms with E-state index in [2.05, 4.69) is 0 Å². The van der Waals surface area contributed by atoms with Gasteiger partial charge in [-0.1, -0.05) is 86.8 Å². The van der Waals surface area contributed by atoms with Crippen molar-refractivity contribution in [2.75, 3.05) is 0 Å². The van der Waals surface area contributed by atoms with Gasteiger partial charge in [0, 0.05) is 0 Å². The van der Waals surface area contributed by atoms with Gasteiger partial charge in [0.05, 0.1) is 5.41 Å². The zero-order valence-corrected chi connectivity index (χ0v) is 16.1. The van der Waals surface area contributed by atoms with Crippen LogP contribution in [0.25, 0.3) is 0 Å². The zero-order chi connectivity index (χ0) is 20.8. The van der Waals surface area contributed by atoms with E-state index in [4.69, 9.17) is 17.2 Å². The number of hydrogen-bond donors (Lipinski definition) is 3. The summed E-state index contributed by atoms with van der Waals surface area (Å²) in [6.45, 7) is 2.04. The van der Waals surface area contributed by atoms with E-state index >= 15 is 0 Å². The molecule has 2 aromatic carbocycles. The van der Waals surface area contributed by atoms with Gasteiger partial charge in [-0.2, -0.15) is 0 Å². The molecule has 0 radical (unpaired) electrons. The van der Waals surface area contributed by atoms with Gasteiger partial charge in [0.1, 0.15) is 0 Å². The average molecular weight is 381 g/mol. The Bertz CT molecular complexity index is 759. The zero-order valence-electron chi connectivity index (χ0n) is 16.1. The van der Waals surface area contributed by atoms with Crippen LogP contribution in [-0.4, -0.2) is 17.7 Å². The molecule has 6 nitrogen and oxygen atoms in total. The molecule has 0 saturated carbocycles. The van der Waals surface area contributed by atoms with Crippen molar-refractivity contribution in [1.82, 2.24) is 0 Å². The number of carbonyl (C=O) groups excluding carboxylic acids is 3. The van der Waals surface area contributed by atoms with E-state index in [9.17, 15) is 14.4 Å². The Morgan fingerprint density at radius 1 is 0.714 bits per heavy atom. The molecule has 0 aliphatic rings. The van der Waals surface area contributed by atoms with Gasteiger partial charge in [-0.15, -0.1) is 0 Å². The smallest absolute Gasteiger partial charge is 0.244 e. The number of benzene rings is 2. The Morgan fingerprint density at radius 2 is 1.11 bits per heavy atom. The Balaban J connectivity index is 2.99. The Hall–Kier alpha value is -3.15. The predicted molar refractivity (Wildman–Crippen MR) is 108 cm³/mol. The van der Waals surface area contributed by atoms with E-state index in [1.807, 2.05) is 19.1 Å². The molecule has 0 heterocycles. The van der Waals surface area contributed by atoms with Crippen molar-refractivity contribution in [3.8, 4) is 0 Å². The van der Waals surface area contributed by atoms with Crippen LogP contribution < -0.4 is 17.2 Å². The second-order valence-electron chi connectivity index (χ2n) is 6.94. The summed E-state index contributed by atoms with van der Waals surface area (Å²) in [7, 11) is 0. The lowest BCUT2D eigenvalue weighted by atomic mass is 9.53. The highest BCUT2D eigenvalue weighted by atomic mass is 16.2. The minimum atomic E-state index is -2.41. The first-order valence-electron chi connectivity index (χ1n) is 9.36. The molecule has 0 spiro atoms. The lowest BCUT2D eigenvalue weighted by Gasteiger charge is -2.46. The van der Waals surface area contributed by atoms with Crippen LogP contribution in [0.5, 0.6) is 0 Å². The van der Waals surface area contributed by atoms with Gasteiger partial charge in [0.2, 0.25) is 23.1 Å². The standard InChI is InChI=1S/C22H27N3O3/c1-2-3-10-15-21(16-11-6-4-7-12-16,17-13-8-5-9-14-17)22(18(23)26,19(24)27)20(25)28/h4-9,11-14H,2-3,10,15H2,1H3,(H2,23,26)(H2,24,27)(H2,25,28). The van der Waals surface area contributed by atoms with Crippen LogP contribution in [0.2, 0.25) is 0 Å². The minimum absolute atomic E-state index is 0.309. The van der Waals surface area contributed by atoms with Gasteiger partial charge in [-0.05, 0) is 17.5 Å². The summed E-state index contributed by atoms with van der Waals surface area (Å²) in [6.07, 6.45) is 2.71. The normalized spacial score (nSPS) is 11.8. The summed E-state index contributed by atoms with van der Waals surface area (Å²) in [5, 5.41) is 0. The van der Waals surface area contributed by atoms with Crippen LogP contribution in [0.4, 0.5) is 0 Å². The van der Waals surface area contributed by atoms with Crippen molar-refractivity contribution < 1.29 is 14.4 Å². The fourth-order valence-electron chi connectivity index (χ4n) is 4.16. The predicted octanol–water partition coefficient (Wildman–Crippen LogP) is 2.00. The summed E-state index contributed by atoms with van der Waals surface area (Å²) >= 11 is 0. The van der Waals surface area contributed by atoms with Crippen LogP contribution in [0.15, 0.2) is 60.7 Å². The first-order valence-corrected chi connectivity index (χ1v) is 9.36. The molecule has 3 amide bonds. The van der Waals surface area contributed by atoms with Crippen molar-refractivity contribution in [3.05, 3.63) is 71.8 Å². The first kappa shape index (κ1) is 21.2.